The summed E-state index contributed by atoms with van der Waals surface area (Å²) in [7, 11) is 0. The number of fused-ring (bicyclic) bond motifs is 8. The van der Waals surface area contributed by atoms with Crippen molar-refractivity contribution < 1.29 is 42.4 Å². The number of para-hydroxylation sites is 2. The van der Waals surface area contributed by atoms with Crippen molar-refractivity contribution in [2.24, 2.45) is 0 Å². The van der Waals surface area contributed by atoms with Gasteiger partial charge in [0, 0.05) is 10.8 Å². The molecule has 0 spiro atoms. The Morgan fingerprint density at radius 2 is 0.755 bits per heavy atom. The molecule has 2 aliphatic heterocycles. The summed E-state index contributed by atoms with van der Waals surface area (Å²) in [6.07, 6.45) is 2.38. The van der Waals surface area contributed by atoms with Crippen LogP contribution in [-0.4, -0.2) is 24.5 Å². The van der Waals surface area contributed by atoms with Gasteiger partial charge in [0.1, 0.15) is 0 Å². The molecule has 0 atom stereocenters. The van der Waals surface area contributed by atoms with E-state index in [9.17, 15) is 0 Å². The maximum absolute atomic E-state index is 5.59. The van der Waals surface area contributed by atoms with E-state index in [1.54, 1.807) is 0 Å². The Hall–Kier alpha value is -11.0. The minimum absolute atomic E-state index is 0.272. The van der Waals surface area contributed by atoms with Crippen LogP contribution in [0.3, 0.4) is 0 Å². The van der Waals surface area contributed by atoms with Crippen molar-refractivity contribution >= 4 is 52.9 Å². The van der Waals surface area contributed by atoms with Gasteiger partial charge in [0.15, 0.2) is 0 Å². The third-order valence-corrected chi connectivity index (χ3v) is 26.3. The standard InChI is InChI=1S/C90H55I2N5S/c1-2-17-56(18-3-1)63-21-14-23-67(49-63)81-54-79(60-41-39-59(40-42-60)78-51-66-19-4-9-30-76(66)91-78)93-89(95-81)74-48-47-65(52-85(74)97-83-32-11-7-26-71(83)72-27-8-12-33-84(72)97)58-37-35-57(36-38-58)64-22-15-24-68(50-64)82-55-80(61-43-45-62(46-44-61)87-53-69-20-5-13-34-86(69)98-87)94-90(96-82)75-29-16-28-73-70-25-6-10-31-77(70)92-88(73)75/h1-55H/q-2. The first-order chi connectivity index (χ1) is 48.5. The van der Waals surface area contributed by atoms with Gasteiger partial charge in [-0.3, -0.25) is 0 Å². The molecule has 0 radical (unpaired) electrons. The number of rotatable bonds is 12. The molecule has 13 aromatic carbocycles. The summed E-state index contributed by atoms with van der Waals surface area (Å²) in [5, 5.41) is 3.64. The fraction of sp³-hybridized carbons (Fsp3) is 0. The molecule has 8 heteroatoms. The number of aromatic nitrogens is 5. The summed E-state index contributed by atoms with van der Waals surface area (Å²) in [6.45, 7) is 0. The summed E-state index contributed by atoms with van der Waals surface area (Å²) in [4.78, 5) is 23.4. The van der Waals surface area contributed by atoms with Gasteiger partial charge in [0.2, 0.25) is 0 Å². The second-order valence-electron chi connectivity index (χ2n) is 24.8. The van der Waals surface area contributed by atoms with E-state index >= 15 is 0 Å². The van der Waals surface area contributed by atoms with Gasteiger partial charge in [-0.15, -0.1) is 0 Å². The van der Waals surface area contributed by atoms with Crippen molar-refractivity contribution in [3.8, 4) is 128 Å². The Bertz CT molecular complexity index is 5960. The van der Waals surface area contributed by atoms with Crippen LogP contribution >= 0.6 is 11.3 Å². The fourth-order valence-electron chi connectivity index (χ4n) is 13.9. The van der Waals surface area contributed by atoms with Gasteiger partial charge in [-0.1, -0.05) is 84.9 Å². The molecule has 2 aliphatic rings. The first kappa shape index (κ1) is 58.3. The van der Waals surface area contributed by atoms with E-state index in [1.165, 1.54) is 67.8 Å². The van der Waals surface area contributed by atoms with Crippen molar-refractivity contribution in [3.63, 3.8) is 0 Å². The summed E-state index contributed by atoms with van der Waals surface area (Å²) in [5.74, 6) is 1.40. The van der Waals surface area contributed by atoms with Crippen molar-refractivity contribution in [2.45, 2.75) is 0 Å². The van der Waals surface area contributed by atoms with Crippen LogP contribution < -0.4 is 42.4 Å². The fourth-order valence-corrected chi connectivity index (χ4v) is 21.0. The van der Waals surface area contributed by atoms with E-state index in [0.717, 1.165) is 112 Å². The molecule has 17 aromatic rings. The van der Waals surface area contributed by atoms with Crippen LogP contribution in [0.15, 0.2) is 328 Å². The second-order valence-corrected chi connectivity index (χ2v) is 31.5. The van der Waals surface area contributed by atoms with Gasteiger partial charge < -0.3 is 0 Å². The Labute approximate surface area is 592 Å². The predicted molar refractivity (Wildman–Crippen MR) is 398 cm³/mol. The third kappa shape index (κ3) is 10.7. The molecule has 0 aliphatic carbocycles. The molecule has 5 nitrogen and oxygen atoms in total. The summed E-state index contributed by atoms with van der Waals surface area (Å²) in [5.41, 5.74) is 26.0. The van der Waals surface area contributed by atoms with Crippen LogP contribution in [0.1, 0.15) is 11.1 Å². The van der Waals surface area contributed by atoms with Crippen LogP contribution in [0.25, 0.3) is 170 Å². The SMILES string of the molecule is C1=C(c2ccc(-c3cc(-c4cccc(-c5ccccc5)c4)nc(-c4ccc(-c5ccc(-c6cccc(-c7cc(-c8ccc(-c9cc%10ccccc%10s9)cc8)nc(-c8cccc9c8[I-]c8ccccc8-9)n7)c6)cc5)cc4-n4c5ccccc5c5ccccc54)n3)cc2)[I-]c2ccccc21. The van der Waals surface area contributed by atoms with Crippen LogP contribution in [0.2, 0.25) is 0 Å². The van der Waals surface area contributed by atoms with E-state index in [-0.39, 0.29) is 21.2 Å². The molecule has 98 heavy (non-hydrogen) atoms. The minimum atomic E-state index is -0.431. The molecule has 6 heterocycles. The first-order valence-corrected chi connectivity index (χ1v) is 38.0. The van der Waals surface area contributed by atoms with Crippen LogP contribution in [0.5, 0.6) is 0 Å². The predicted octanol–water partition coefficient (Wildman–Crippen LogP) is 17.1. The maximum atomic E-state index is 5.59. The quantitative estimate of drug-likeness (QED) is 0.114. The molecule has 0 unspecified atom stereocenters. The summed E-state index contributed by atoms with van der Waals surface area (Å²) in [6, 6.07) is 119. The van der Waals surface area contributed by atoms with E-state index in [2.05, 4.69) is 338 Å². The molecule has 19 rings (SSSR count). The number of nitrogens with zero attached hydrogens (tertiary/aromatic N) is 5. The first-order valence-electron chi connectivity index (χ1n) is 32.8. The van der Waals surface area contributed by atoms with Gasteiger partial charge in [-0.25, -0.2) is 0 Å². The molecule has 0 amide bonds. The van der Waals surface area contributed by atoms with Crippen LogP contribution in [-0.2, 0) is 0 Å². The van der Waals surface area contributed by atoms with Gasteiger partial charge >= 0.3 is 484 Å². The van der Waals surface area contributed by atoms with Gasteiger partial charge in [-0.05, 0) is 18.2 Å². The second kappa shape index (κ2) is 24.6. The molecule has 462 valence electrons. The zero-order chi connectivity index (χ0) is 64.6. The van der Waals surface area contributed by atoms with Crippen molar-refractivity contribution in [2.75, 3.05) is 0 Å². The number of benzene rings is 13. The Morgan fingerprint density at radius 3 is 1.42 bits per heavy atom. The van der Waals surface area contributed by atoms with Crippen molar-refractivity contribution in [1.82, 2.24) is 24.5 Å². The number of hydrogen-bond donors (Lipinski definition) is 0. The van der Waals surface area contributed by atoms with Gasteiger partial charge in [0.05, 0.1) is 0 Å². The van der Waals surface area contributed by atoms with Crippen molar-refractivity contribution in [3.05, 3.63) is 349 Å². The number of halogens is 2. The van der Waals surface area contributed by atoms with Gasteiger partial charge in [-0.2, -0.15) is 0 Å². The molecular formula is C90H55I2N5S-2. The zero-order valence-electron chi connectivity index (χ0n) is 52.7. The molecule has 0 bridgehead atoms. The Balaban J connectivity index is 0.708. The average molecular weight is 1490 g/mol. The Kier molecular flexibility index (Phi) is 14.6. The monoisotopic (exact) mass is 1490 g/mol. The van der Waals surface area contributed by atoms with Crippen LogP contribution in [0, 0.1) is 10.7 Å². The Morgan fingerprint density at radius 1 is 0.286 bits per heavy atom. The van der Waals surface area contributed by atoms with E-state index < -0.39 is 21.2 Å². The molecule has 0 N–H and O–H groups in total. The summed E-state index contributed by atoms with van der Waals surface area (Å²) >= 11 is 1.13. The normalized spacial score (nSPS) is 12.4. The van der Waals surface area contributed by atoms with Gasteiger partial charge in [0.25, 0.3) is 0 Å². The molecule has 4 aromatic heterocycles. The average Bonchev–Trinajstić information content (AvgIpc) is 1.57. The molecule has 0 saturated heterocycles. The van der Waals surface area contributed by atoms with Crippen LogP contribution in [0.4, 0.5) is 0 Å². The van der Waals surface area contributed by atoms with Crippen molar-refractivity contribution in [1.29, 1.82) is 0 Å². The number of thiophene rings is 1. The third-order valence-electron chi connectivity index (χ3n) is 18.8. The zero-order valence-corrected chi connectivity index (χ0v) is 57.8. The van der Waals surface area contributed by atoms with E-state index in [4.69, 9.17) is 19.9 Å². The van der Waals surface area contributed by atoms with E-state index in [0.29, 0.717) is 5.82 Å². The molecular weight excluding hydrogens is 1440 g/mol. The molecule has 0 saturated carbocycles. The topological polar surface area (TPSA) is 56.5 Å². The summed E-state index contributed by atoms with van der Waals surface area (Å²) < 4.78 is 9.43. The number of hydrogen-bond acceptors (Lipinski definition) is 5. The molecule has 0 fully saturated rings. The van der Waals surface area contributed by atoms with E-state index in [1.807, 2.05) is 11.3 Å².